The van der Waals surface area contributed by atoms with E-state index in [0.29, 0.717) is 11.8 Å². The number of benzene rings is 1. The maximum absolute atomic E-state index is 10.7. The van der Waals surface area contributed by atoms with Crippen molar-refractivity contribution in [1.29, 1.82) is 0 Å². The fourth-order valence-electron chi connectivity index (χ4n) is 1.51. The molecule has 74 valence electrons. The Morgan fingerprint density at radius 3 is 2.50 bits per heavy atom. The average Bonchev–Trinajstić information content (AvgIpc) is 2.04. The van der Waals surface area contributed by atoms with Crippen LogP contribution in [0.1, 0.15) is 24.9 Å². The number of rotatable bonds is 2. The Morgan fingerprint density at radius 1 is 1.43 bits per heavy atom. The summed E-state index contributed by atoms with van der Waals surface area (Å²) in [6, 6.07) is 8.14. The molecule has 0 unspecified atom stereocenters. The zero-order valence-electron chi connectivity index (χ0n) is 8.12. The first-order chi connectivity index (χ1) is 6.75. The van der Waals surface area contributed by atoms with E-state index in [0.717, 1.165) is 6.54 Å². The number of carbonyl (C=O) groups is 1. The van der Waals surface area contributed by atoms with Crippen LogP contribution in [0.4, 0.5) is 0 Å². The van der Waals surface area contributed by atoms with Crippen molar-refractivity contribution in [3.63, 3.8) is 0 Å². The van der Waals surface area contributed by atoms with Crippen LogP contribution in [-0.4, -0.2) is 12.5 Å². The smallest absolute Gasteiger partial charge is 0.308 e. The molecule has 0 spiro atoms. The van der Waals surface area contributed by atoms with Crippen LogP contribution >= 0.6 is 0 Å². The lowest BCUT2D eigenvalue weighted by atomic mass is 9.98. The predicted molar refractivity (Wildman–Crippen MR) is 53.1 cm³/mol. The lowest BCUT2D eigenvalue weighted by Crippen LogP contribution is -2.34. The maximum atomic E-state index is 10.7. The van der Waals surface area contributed by atoms with E-state index in [1.165, 1.54) is 18.9 Å². The fourth-order valence-corrected chi connectivity index (χ4v) is 1.51. The van der Waals surface area contributed by atoms with Gasteiger partial charge >= 0.3 is 5.97 Å². The van der Waals surface area contributed by atoms with E-state index < -0.39 is 0 Å². The number of carbonyl (C=O) groups excluding carboxylic acids is 1. The van der Waals surface area contributed by atoms with Crippen LogP contribution in [0.3, 0.4) is 0 Å². The van der Waals surface area contributed by atoms with E-state index in [4.69, 9.17) is 4.74 Å². The van der Waals surface area contributed by atoms with Gasteiger partial charge < -0.3 is 10.1 Å². The van der Waals surface area contributed by atoms with Gasteiger partial charge in [0.2, 0.25) is 0 Å². The van der Waals surface area contributed by atoms with Crippen molar-refractivity contribution in [2.75, 3.05) is 6.54 Å². The van der Waals surface area contributed by atoms with Crippen molar-refractivity contribution < 1.29 is 9.53 Å². The zero-order chi connectivity index (χ0) is 9.97. The maximum Gasteiger partial charge on any atom is 0.308 e. The molecule has 14 heavy (non-hydrogen) atoms. The zero-order valence-corrected chi connectivity index (χ0v) is 8.12. The van der Waals surface area contributed by atoms with Crippen LogP contribution < -0.4 is 10.1 Å². The highest BCUT2D eigenvalue weighted by Gasteiger charge is 2.17. The summed E-state index contributed by atoms with van der Waals surface area (Å²) >= 11 is 0. The van der Waals surface area contributed by atoms with Gasteiger partial charge in [0.05, 0.1) is 0 Å². The monoisotopic (exact) mass is 191 g/mol. The first kappa shape index (κ1) is 9.21. The lowest BCUT2D eigenvalue weighted by molar-refractivity contribution is -0.131. The minimum atomic E-state index is -0.278. The SMILES string of the molecule is CC(=O)Oc1ccc([C@@H]2CCN2)cc1. The van der Waals surface area contributed by atoms with Gasteiger partial charge in [0.25, 0.3) is 0 Å². The molecular formula is C11H13NO2. The molecule has 1 aliphatic rings. The molecule has 1 atom stereocenters. The van der Waals surface area contributed by atoms with Crippen molar-refractivity contribution >= 4 is 5.97 Å². The topological polar surface area (TPSA) is 38.3 Å². The van der Waals surface area contributed by atoms with Crippen molar-refractivity contribution in [3.8, 4) is 5.75 Å². The summed E-state index contributed by atoms with van der Waals surface area (Å²) in [5, 5.41) is 3.31. The van der Waals surface area contributed by atoms with Gasteiger partial charge in [0.1, 0.15) is 5.75 Å². The summed E-state index contributed by atoms with van der Waals surface area (Å²) < 4.78 is 4.94. The van der Waals surface area contributed by atoms with Gasteiger partial charge in [-0.25, -0.2) is 0 Å². The number of nitrogens with one attached hydrogen (secondary N) is 1. The minimum Gasteiger partial charge on any atom is -0.427 e. The Bertz CT molecular complexity index is 328. The summed E-state index contributed by atoms with van der Waals surface area (Å²) in [6.07, 6.45) is 1.19. The number of ether oxygens (including phenoxy) is 1. The molecule has 1 heterocycles. The van der Waals surface area contributed by atoms with Crippen LogP contribution in [0.2, 0.25) is 0 Å². The van der Waals surface area contributed by atoms with Gasteiger partial charge in [-0.15, -0.1) is 0 Å². The third-order valence-corrected chi connectivity index (χ3v) is 2.37. The van der Waals surface area contributed by atoms with Crippen molar-refractivity contribution in [2.24, 2.45) is 0 Å². The first-order valence-corrected chi connectivity index (χ1v) is 4.77. The van der Waals surface area contributed by atoms with Gasteiger partial charge in [0, 0.05) is 13.0 Å². The Kier molecular flexibility index (Phi) is 2.50. The molecule has 0 aliphatic carbocycles. The van der Waals surface area contributed by atoms with Crippen LogP contribution in [0, 0.1) is 0 Å². The molecule has 3 heteroatoms. The molecule has 0 saturated carbocycles. The Hall–Kier alpha value is -1.35. The standard InChI is InChI=1S/C11H13NO2/c1-8(13)14-10-4-2-9(3-5-10)11-6-7-12-11/h2-5,11-12H,6-7H2,1H3/t11-/m0/s1. The molecular weight excluding hydrogens is 178 g/mol. The molecule has 0 aromatic heterocycles. The first-order valence-electron chi connectivity index (χ1n) is 4.77. The fraction of sp³-hybridized carbons (Fsp3) is 0.364. The second kappa shape index (κ2) is 3.80. The van der Waals surface area contributed by atoms with E-state index in [2.05, 4.69) is 5.32 Å². The van der Waals surface area contributed by atoms with E-state index in [9.17, 15) is 4.79 Å². The average molecular weight is 191 g/mol. The summed E-state index contributed by atoms with van der Waals surface area (Å²) in [5.41, 5.74) is 1.26. The van der Waals surface area contributed by atoms with E-state index >= 15 is 0 Å². The van der Waals surface area contributed by atoms with Gasteiger partial charge in [0.15, 0.2) is 0 Å². The minimum absolute atomic E-state index is 0.278. The molecule has 1 aliphatic heterocycles. The number of hydrogen-bond donors (Lipinski definition) is 1. The number of esters is 1. The quantitative estimate of drug-likeness (QED) is 0.570. The molecule has 0 radical (unpaired) electrons. The molecule has 1 saturated heterocycles. The van der Waals surface area contributed by atoms with Gasteiger partial charge in [-0.05, 0) is 30.7 Å². The summed E-state index contributed by atoms with van der Waals surface area (Å²) in [6.45, 7) is 2.50. The Balaban J connectivity index is 2.05. The Morgan fingerprint density at radius 2 is 2.07 bits per heavy atom. The second-order valence-corrected chi connectivity index (χ2v) is 3.46. The summed E-state index contributed by atoms with van der Waals surface area (Å²) in [7, 11) is 0. The third-order valence-electron chi connectivity index (χ3n) is 2.37. The third kappa shape index (κ3) is 1.93. The number of hydrogen-bond acceptors (Lipinski definition) is 3. The van der Waals surface area contributed by atoms with E-state index in [-0.39, 0.29) is 5.97 Å². The van der Waals surface area contributed by atoms with Crippen molar-refractivity contribution in [3.05, 3.63) is 29.8 Å². The summed E-state index contributed by atoms with van der Waals surface area (Å²) in [5.74, 6) is 0.333. The highest BCUT2D eigenvalue weighted by atomic mass is 16.5. The largest absolute Gasteiger partial charge is 0.427 e. The molecule has 2 rings (SSSR count). The molecule has 3 nitrogen and oxygen atoms in total. The molecule has 1 aromatic rings. The summed E-state index contributed by atoms with van der Waals surface area (Å²) in [4.78, 5) is 10.7. The molecule has 1 fully saturated rings. The Labute approximate surface area is 83.1 Å². The second-order valence-electron chi connectivity index (χ2n) is 3.46. The molecule has 0 bridgehead atoms. The van der Waals surface area contributed by atoms with Gasteiger partial charge in [-0.2, -0.15) is 0 Å². The van der Waals surface area contributed by atoms with Crippen LogP contribution in [-0.2, 0) is 4.79 Å². The van der Waals surface area contributed by atoms with E-state index in [1.807, 2.05) is 24.3 Å². The molecule has 1 N–H and O–H groups in total. The normalized spacial score (nSPS) is 19.9. The lowest BCUT2D eigenvalue weighted by Gasteiger charge is -2.27. The van der Waals surface area contributed by atoms with Crippen LogP contribution in [0.5, 0.6) is 5.75 Å². The molecule has 1 aromatic carbocycles. The molecule has 0 amide bonds. The van der Waals surface area contributed by atoms with Crippen molar-refractivity contribution in [2.45, 2.75) is 19.4 Å². The van der Waals surface area contributed by atoms with Crippen molar-refractivity contribution in [1.82, 2.24) is 5.32 Å². The van der Waals surface area contributed by atoms with Crippen LogP contribution in [0.15, 0.2) is 24.3 Å². The van der Waals surface area contributed by atoms with E-state index in [1.54, 1.807) is 0 Å². The van der Waals surface area contributed by atoms with Gasteiger partial charge in [-0.1, -0.05) is 12.1 Å². The van der Waals surface area contributed by atoms with Crippen LogP contribution in [0.25, 0.3) is 0 Å². The highest BCUT2D eigenvalue weighted by Crippen LogP contribution is 2.24. The highest BCUT2D eigenvalue weighted by molar-refractivity contribution is 5.69. The van der Waals surface area contributed by atoms with Gasteiger partial charge in [-0.3, -0.25) is 4.79 Å². The predicted octanol–water partition coefficient (Wildman–Crippen LogP) is 1.65.